The average Bonchev–Trinajstić information content (AvgIpc) is 2.79. The molecule has 0 aromatic carbocycles. The van der Waals surface area contributed by atoms with E-state index < -0.39 is 0 Å². The van der Waals surface area contributed by atoms with Gasteiger partial charge in [-0.25, -0.2) is 0 Å². The van der Waals surface area contributed by atoms with Crippen molar-refractivity contribution in [3.63, 3.8) is 0 Å². The third-order valence-corrected chi connectivity index (χ3v) is 5.11. The molecule has 3 rings (SSSR count). The number of hydrogen-bond acceptors (Lipinski definition) is 3. The van der Waals surface area contributed by atoms with Crippen LogP contribution in [0.15, 0.2) is 6.07 Å². The number of carbonyl (C=O) groups excluding carboxylic acids is 1. The maximum absolute atomic E-state index is 12.3. The summed E-state index contributed by atoms with van der Waals surface area (Å²) in [5.74, 6) is 2.04. The predicted octanol–water partition coefficient (Wildman–Crippen LogP) is 2.26. The molecule has 1 aromatic heterocycles. The predicted molar refractivity (Wildman–Crippen MR) is 83.2 cm³/mol. The number of hydrogen-bond donors (Lipinski definition) is 2. The Kier molecular flexibility index (Phi) is 4.29. The van der Waals surface area contributed by atoms with Gasteiger partial charge in [-0.2, -0.15) is 5.10 Å². The zero-order chi connectivity index (χ0) is 14.8. The molecule has 2 heterocycles. The Hall–Kier alpha value is -1.36. The molecule has 1 atom stereocenters. The molecule has 1 aromatic rings. The van der Waals surface area contributed by atoms with Crippen molar-refractivity contribution in [3.05, 3.63) is 11.8 Å². The first-order chi connectivity index (χ1) is 10.1. The van der Waals surface area contributed by atoms with Crippen LogP contribution in [0.5, 0.6) is 0 Å². The number of nitrogens with zero attached hydrogens (tertiary/aromatic N) is 2. The summed E-state index contributed by atoms with van der Waals surface area (Å²) in [4.78, 5) is 12.3. The van der Waals surface area contributed by atoms with Crippen LogP contribution in [0.4, 0.5) is 5.82 Å². The number of carbonyl (C=O) groups is 1. The molecule has 1 aliphatic heterocycles. The minimum Gasteiger partial charge on any atom is -0.316 e. The smallest absolute Gasteiger partial charge is 0.228 e. The van der Waals surface area contributed by atoms with Gasteiger partial charge in [0.15, 0.2) is 0 Å². The van der Waals surface area contributed by atoms with Gasteiger partial charge in [0.25, 0.3) is 0 Å². The molecule has 1 amide bonds. The number of rotatable bonds is 4. The lowest BCUT2D eigenvalue weighted by molar-refractivity contribution is -0.121. The van der Waals surface area contributed by atoms with Crippen LogP contribution in [0.2, 0.25) is 0 Å². The number of aryl methyl sites for hydroxylation is 1. The highest BCUT2D eigenvalue weighted by atomic mass is 16.2. The van der Waals surface area contributed by atoms with Gasteiger partial charge in [-0.1, -0.05) is 26.2 Å². The molecule has 1 saturated carbocycles. The highest BCUT2D eigenvalue weighted by Crippen LogP contribution is 2.33. The van der Waals surface area contributed by atoms with Crippen molar-refractivity contribution in [2.24, 2.45) is 18.9 Å². The molecule has 1 unspecified atom stereocenters. The van der Waals surface area contributed by atoms with Crippen LogP contribution in [-0.4, -0.2) is 28.8 Å². The second-order valence-electron chi connectivity index (χ2n) is 6.61. The normalized spacial score (nSPS) is 21.8. The molecular formula is C16H26N4O. The lowest BCUT2D eigenvalue weighted by Crippen LogP contribution is -2.48. The third kappa shape index (κ3) is 3.12. The van der Waals surface area contributed by atoms with Gasteiger partial charge >= 0.3 is 0 Å². The van der Waals surface area contributed by atoms with Crippen LogP contribution >= 0.6 is 0 Å². The van der Waals surface area contributed by atoms with Gasteiger partial charge in [-0.3, -0.25) is 9.48 Å². The summed E-state index contributed by atoms with van der Waals surface area (Å²) in [7, 11) is 1.91. The molecule has 5 heteroatoms. The van der Waals surface area contributed by atoms with Gasteiger partial charge in [-0.05, 0) is 31.8 Å². The summed E-state index contributed by atoms with van der Waals surface area (Å²) < 4.78 is 1.81. The highest BCUT2D eigenvalue weighted by Gasteiger charge is 2.29. The minimum atomic E-state index is 0.0549. The van der Waals surface area contributed by atoms with E-state index in [1.54, 1.807) is 0 Å². The van der Waals surface area contributed by atoms with E-state index >= 15 is 0 Å². The van der Waals surface area contributed by atoms with Gasteiger partial charge in [0.1, 0.15) is 5.82 Å². The fraction of sp³-hybridized carbons (Fsp3) is 0.750. The number of anilines is 1. The fourth-order valence-corrected chi connectivity index (χ4v) is 3.32. The van der Waals surface area contributed by atoms with Crippen molar-refractivity contribution >= 4 is 11.7 Å². The Balaban J connectivity index is 1.64. The van der Waals surface area contributed by atoms with Crippen LogP contribution in [-0.2, 0) is 11.8 Å². The van der Waals surface area contributed by atoms with Crippen molar-refractivity contribution < 1.29 is 4.79 Å². The van der Waals surface area contributed by atoms with E-state index in [4.69, 9.17) is 0 Å². The molecule has 5 nitrogen and oxygen atoms in total. The van der Waals surface area contributed by atoms with Crippen LogP contribution < -0.4 is 10.6 Å². The van der Waals surface area contributed by atoms with Crippen molar-refractivity contribution in [2.75, 3.05) is 18.4 Å². The first-order valence-corrected chi connectivity index (χ1v) is 8.20. The quantitative estimate of drug-likeness (QED) is 0.894. The number of aromatic nitrogens is 2. The van der Waals surface area contributed by atoms with Crippen LogP contribution in [0, 0.1) is 11.8 Å². The molecule has 0 bridgehead atoms. The molecule has 0 spiro atoms. The van der Waals surface area contributed by atoms with Crippen LogP contribution in [0.25, 0.3) is 0 Å². The Labute approximate surface area is 126 Å². The Bertz CT molecular complexity index is 500. The molecule has 2 N–H and O–H groups in total. The van der Waals surface area contributed by atoms with E-state index in [9.17, 15) is 4.79 Å². The fourth-order valence-electron chi connectivity index (χ4n) is 3.32. The first-order valence-electron chi connectivity index (χ1n) is 8.20. The summed E-state index contributed by atoms with van der Waals surface area (Å²) >= 11 is 0. The molecule has 116 valence electrons. The Morgan fingerprint density at radius 1 is 1.38 bits per heavy atom. The lowest BCUT2D eigenvalue weighted by Gasteiger charge is -2.31. The summed E-state index contributed by atoms with van der Waals surface area (Å²) in [6, 6.07) is 2.07. The molecule has 2 aliphatic rings. The van der Waals surface area contributed by atoms with E-state index in [1.165, 1.54) is 32.1 Å². The second kappa shape index (κ2) is 6.18. The van der Waals surface area contributed by atoms with E-state index in [-0.39, 0.29) is 11.8 Å². The van der Waals surface area contributed by atoms with Crippen molar-refractivity contribution in [2.45, 2.75) is 44.9 Å². The summed E-state index contributed by atoms with van der Waals surface area (Å²) in [6.07, 6.45) is 6.41. The van der Waals surface area contributed by atoms with Gasteiger partial charge < -0.3 is 10.6 Å². The van der Waals surface area contributed by atoms with Gasteiger partial charge in [0.2, 0.25) is 5.91 Å². The van der Waals surface area contributed by atoms with Crippen LogP contribution in [0.3, 0.4) is 0 Å². The van der Waals surface area contributed by atoms with Crippen molar-refractivity contribution in [1.82, 2.24) is 15.1 Å². The Morgan fingerprint density at radius 2 is 2.10 bits per heavy atom. The third-order valence-electron chi connectivity index (χ3n) is 5.11. The zero-order valence-corrected chi connectivity index (χ0v) is 13.1. The zero-order valence-electron chi connectivity index (χ0n) is 13.1. The second-order valence-corrected chi connectivity index (χ2v) is 6.61. The molecule has 0 radical (unpaired) electrons. The average molecular weight is 290 g/mol. The molecule has 21 heavy (non-hydrogen) atoms. The summed E-state index contributed by atoms with van der Waals surface area (Å²) in [5.41, 5.74) is 1.14. The summed E-state index contributed by atoms with van der Waals surface area (Å²) in [5, 5.41) is 10.9. The minimum absolute atomic E-state index is 0.0549. The van der Waals surface area contributed by atoms with E-state index in [0.29, 0.717) is 11.8 Å². The molecule has 1 aliphatic carbocycles. The lowest BCUT2D eigenvalue weighted by atomic mass is 9.87. The monoisotopic (exact) mass is 290 g/mol. The van der Waals surface area contributed by atoms with Crippen LogP contribution in [0.1, 0.15) is 50.6 Å². The van der Waals surface area contributed by atoms with Gasteiger partial charge in [0, 0.05) is 24.9 Å². The molecule has 2 fully saturated rings. The van der Waals surface area contributed by atoms with Crippen molar-refractivity contribution in [3.8, 4) is 0 Å². The van der Waals surface area contributed by atoms with Gasteiger partial charge in [-0.15, -0.1) is 0 Å². The van der Waals surface area contributed by atoms with E-state index in [1.807, 2.05) is 18.7 Å². The van der Waals surface area contributed by atoms with Crippen molar-refractivity contribution in [1.29, 1.82) is 0 Å². The summed E-state index contributed by atoms with van der Waals surface area (Å²) in [6.45, 7) is 3.92. The topological polar surface area (TPSA) is 59.0 Å². The standard InChI is InChI=1S/C16H26N4O/c1-11(13-9-17-10-13)16(21)18-15-8-14(19-20(15)2)12-6-4-3-5-7-12/h8,11-13,17H,3-7,9-10H2,1-2H3,(H,18,21). The number of amides is 1. The SMILES string of the molecule is CC(C(=O)Nc1cc(C2CCCCC2)nn1C)C1CNC1. The number of nitrogens with one attached hydrogen (secondary N) is 2. The molecular weight excluding hydrogens is 264 g/mol. The van der Waals surface area contributed by atoms with E-state index in [0.717, 1.165) is 24.6 Å². The van der Waals surface area contributed by atoms with E-state index in [2.05, 4.69) is 21.8 Å². The molecule has 1 saturated heterocycles. The maximum Gasteiger partial charge on any atom is 0.228 e. The maximum atomic E-state index is 12.3. The Morgan fingerprint density at radius 3 is 2.71 bits per heavy atom. The largest absolute Gasteiger partial charge is 0.316 e. The van der Waals surface area contributed by atoms with Gasteiger partial charge in [0.05, 0.1) is 5.69 Å². The first kappa shape index (κ1) is 14.6. The highest BCUT2D eigenvalue weighted by molar-refractivity contribution is 5.91.